The molecule has 0 radical (unpaired) electrons. The van der Waals surface area contributed by atoms with E-state index < -0.39 is 17.7 Å². The van der Waals surface area contributed by atoms with Gasteiger partial charge < -0.3 is 15.3 Å². The summed E-state index contributed by atoms with van der Waals surface area (Å²) in [5, 5.41) is 12.8. The van der Waals surface area contributed by atoms with E-state index in [9.17, 15) is 9.90 Å². The first-order valence-corrected chi connectivity index (χ1v) is 11.0. The van der Waals surface area contributed by atoms with Crippen molar-refractivity contribution >= 4 is 40.6 Å². The summed E-state index contributed by atoms with van der Waals surface area (Å²) in [5.41, 5.74) is 2.24. The van der Waals surface area contributed by atoms with E-state index in [2.05, 4.69) is 4.98 Å². The van der Waals surface area contributed by atoms with Gasteiger partial charge in [-0.1, -0.05) is 66.2 Å². The number of ether oxygens (including phenoxy) is 1. The molecule has 3 N–H and O–H groups in total. The summed E-state index contributed by atoms with van der Waals surface area (Å²) in [5.74, 6) is -0.470. The molecule has 0 spiro atoms. The molecule has 2 unspecified atom stereocenters. The lowest BCUT2D eigenvalue weighted by Crippen LogP contribution is -2.38. The molecule has 0 fully saturated rings. The maximum atomic E-state index is 12.4. The van der Waals surface area contributed by atoms with Gasteiger partial charge in [-0.15, -0.1) is 0 Å². The third-order valence-electron chi connectivity index (χ3n) is 5.68. The molecule has 2 atom stereocenters. The van der Waals surface area contributed by atoms with Crippen LogP contribution in [-0.4, -0.2) is 27.6 Å². The zero-order valence-corrected chi connectivity index (χ0v) is 19.7. The summed E-state index contributed by atoms with van der Waals surface area (Å²) in [6.45, 7) is 3.33. The van der Waals surface area contributed by atoms with Gasteiger partial charge in [0.15, 0.2) is 0 Å². The maximum Gasteiger partial charge on any atom is 0.338 e. The number of pyridine rings is 1. The van der Waals surface area contributed by atoms with Crippen molar-refractivity contribution in [2.24, 2.45) is 0 Å². The summed E-state index contributed by atoms with van der Waals surface area (Å²) in [6.07, 6.45) is 3.09. The maximum absolute atomic E-state index is 12.4. The lowest BCUT2D eigenvalue weighted by atomic mass is 9.89. The van der Waals surface area contributed by atoms with Crippen molar-refractivity contribution in [3.63, 3.8) is 0 Å². The number of aliphatic hydroxyl groups is 1. The quantitative estimate of drug-likeness (QED) is 0.363. The number of carbonyl (C=O) groups excluding carboxylic acids is 1. The Bertz CT molecular complexity index is 1320. The van der Waals surface area contributed by atoms with Crippen LogP contribution in [-0.2, 0) is 10.3 Å². The van der Waals surface area contributed by atoms with Crippen LogP contribution in [0.15, 0.2) is 84.9 Å². The zero-order chi connectivity index (χ0) is 23.4. The lowest BCUT2D eigenvalue weighted by molar-refractivity contribution is -0.0710. The topological polar surface area (TPSA) is 90.9 Å². The molecule has 1 heterocycles. The van der Waals surface area contributed by atoms with Crippen LogP contribution in [0.3, 0.4) is 0 Å². The molecular weight excluding hydrogens is 450 g/mol. The van der Waals surface area contributed by atoms with Gasteiger partial charge in [-0.2, -0.15) is 0 Å². The van der Waals surface area contributed by atoms with Crippen LogP contribution < -0.4 is 0 Å². The Kier molecular flexibility index (Phi) is 7.84. The number of nitrogens with zero attached hydrogens (tertiary/aromatic N) is 1. The highest BCUT2D eigenvalue weighted by atomic mass is 35.5. The predicted octanol–water partition coefficient (Wildman–Crippen LogP) is 5.69. The normalized spacial score (nSPS) is 13.8. The molecule has 3 aromatic carbocycles. The van der Waals surface area contributed by atoms with Crippen LogP contribution in [0, 0.1) is 0 Å². The largest absolute Gasteiger partial charge is 0.456 e. The highest BCUT2D eigenvalue weighted by molar-refractivity contribution is 6.31. The van der Waals surface area contributed by atoms with Gasteiger partial charge in [0.2, 0.25) is 0 Å². The molecule has 5 nitrogen and oxygen atoms in total. The fourth-order valence-electron chi connectivity index (χ4n) is 3.49. The molecule has 0 bridgehead atoms. The molecule has 0 aliphatic heterocycles. The van der Waals surface area contributed by atoms with E-state index in [1.165, 1.54) is 0 Å². The van der Waals surface area contributed by atoms with Crippen molar-refractivity contribution in [1.29, 1.82) is 0 Å². The van der Waals surface area contributed by atoms with E-state index >= 15 is 0 Å². The molecule has 1 aromatic heterocycles. The van der Waals surface area contributed by atoms with Crippen LogP contribution in [0.5, 0.6) is 0 Å². The van der Waals surface area contributed by atoms with Gasteiger partial charge in [0.25, 0.3) is 0 Å². The summed E-state index contributed by atoms with van der Waals surface area (Å²) < 4.78 is 5.55. The van der Waals surface area contributed by atoms with Crippen LogP contribution in [0.25, 0.3) is 23.1 Å². The number of esters is 1. The number of hydrogen-bond donors (Lipinski definition) is 1. The Balaban J connectivity index is 0.00000324. The van der Waals surface area contributed by atoms with Gasteiger partial charge >= 0.3 is 5.97 Å². The summed E-state index contributed by atoms with van der Waals surface area (Å²) in [4.78, 5) is 17.0. The Morgan fingerprint density at radius 3 is 2.50 bits per heavy atom. The van der Waals surface area contributed by atoms with E-state index in [0.717, 1.165) is 22.2 Å². The second kappa shape index (κ2) is 10.6. The predicted molar refractivity (Wildman–Crippen MR) is 137 cm³/mol. The monoisotopic (exact) mass is 475 g/mol. The smallest absolute Gasteiger partial charge is 0.338 e. The summed E-state index contributed by atoms with van der Waals surface area (Å²) in [6, 6.07) is 25.8. The molecular formula is C28H26ClNO4. The SMILES string of the molecule is CC(OC(=O)c1ccccc1)C(C)(O)c1cccc(C=Cc2ccc3ccc(Cl)cc3n2)c1.O. The number of carbonyl (C=O) groups is 1. The first-order chi connectivity index (χ1) is 15.8. The van der Waals surface area contributed by atoms with Crippen LogP contribution in [0.2, 0.25) is 5.02 Å². The second-order valence-electron chi connectivity index (χ2n) is 8.09. The zero-order valence-electron chi connectivity index (χ0n) is 18.9. The third-order valence-corrected chi connectivity index (χ3v) is 5.91. The van der Waals surface area contributed by atoms with Crippen molar-refractivity contribution < 1.29 is 20.1 Å². The van der Waals surface area contributed by atoms with Crippen LogP contribution in [0.4, 0.5) is 0 Å². The standard InChI is InChI=1S/C28H24ClNO3.H2O/c1-19(33-27(31)22-8-4-3-5-9-22)28(2,32)23-10-6-7-20(17-23)11-15-25-16-13-21-12-14-24(29)18-26(21)30-25;/h3-19,32H,1-2H3;1H2. The van der Waals surface area contributed by atoms with Crippen molar-refractivity contribution in [2.45, 2.75) is 25.6 Å². The Labute approximate surface area is 203 Å². The molecule has 34 heavy (non-hydrogen) atoms. The second-order valence-corrected chi connectivity index (χ2v) is 8.53. The van der Waals surface area contributed by atoms with E-state index in [4.69, 9.17) is 16.3 Å². The molecule has 0 aliphatic carbocycles. The minimum Gasteiger partial charge on any atom is -0.456 e. The Hall–Kier alpha value is -3.51. The summed E-state index contributed by atoms with van der Waals surface area (Å²) >= 11 is 6.08. The van der Waals surface area contributed by atoms with E-state index in [1.807, 2.05) is 72.8 Å². The van der Waals surface area contributed by atoms with Crippen LogP contribution in [0.1, 0.15) is 41.0 Å². The molecule has 6 heteroatoms. The lowest BCUT2D eigenvalue weighted by Gasteiger charge is -2.30. The van der Waals surface area contributed by atoms with Gasteiger partial charge in [-0.3, -0.25) is 0 Å². The minimum absolute atomic E-state index is 0. The molecule has 0 amide bonds. The van der Waals surface area contributed by atoms with E-state index in [0.29, 0.717) is 16.1 Å². The molecule has 0 saturated heterocycles. The highest BCUT2D eigenvalue weighted by Gasteiger charge is 2.33. The Morgan fingerprint density at radius 1 is 1.00 bits per heavy atom. The molecule has 174 valence electrons. The van der Waals surface area contributed by atoms with Crippen molar-refractivity contribution in [1.82, 2.24) is 4.98 Å². The van der Waals surface area contributed by atoms with Gasteiger partial charge in [-0.25, -0.2) is 9.78 Å². The fourth-order valence-corrected chi connectivity index (χ4v) is 3.66. The average Bonchev–Trinajstić information content (AvgIpc) is 2.83. The average molecular weight is 476 g/mol. The van der Waals surface area contributed by atoms with Gasteiger partial charge in [0, 0.05) is 10.4 Å². The first kappa shape index (κ1) is 25.1. The first-order valence-electron chi connectivity index (χ1n) is 10.7. The van der Waals surface area contributed by atoms with Crippen LogP contribution >= 0.6 is 11.6 Å². The fraction of sp³-hybridized carbons (Fsp3) is 0.143. The molecule has 4 rings (SSSR count). The van der Waals surface area contributed by atoms with Gasteiger partial charge in [0.05, 0.1) is 16.8 Å². The highest BCUT2D eigenvalue weighted by Crippen LogP contribution is 2.28. The number of benzene rings is 3. The van der Waals surface area contributed by atoms with Crippen molar-refractivity contribution in [3.05, 3.63) is 112 Å². The molecule has 0 saturated carbocycles. The van der Waals surface area contributed by atoms with Crippen molar-refractivity contribution in [2.75, 3.05) is 0 Å². The number of aromatic nitrogens is 1. The number of hydrogen-bond acceptors (Lipinski definition) is 4. The minimum atomic E-state index is -1.37. The van der Waals surface area contributed by atoms with Crippen molar-refractivity contribution in [3.8, 4) is 0 Å². The summed E-state index contributed by atoms with van der Waals surface area (Å²) in [7, 11) is 0. The number of rotatable bonds is 6. The van der Waals surface area contributed by atoms with Gasteiger partial charge in [0.1, 0.15) is 11.7 Å². The number of halogens is 1. The molecule has 0 aliphatic rings. The Morgan fingerprint density at radius 2 is 1.74 bits per heavy atom. The van der Waals surface area contributed by atoms with E-state index in [-0.39, 0.29) is 5.48 Å². The number of fused-ring (bicyclic) bond motifs is 1. The van der Waals surface area contributed by atoms with E-state index in [1.54, 1.807) is 38.1 Å². The van der Waals surface area contributed by atoms with Gasteiger partial charge in [-0.05, 0) is 67.4 Å². The third kappa shape index (κ3) is 5.69. The molecule has 4 aromatic rings.